The molecule has 1 aliphatic heterocycles. The molecule has 0 aliphatic carbocycles. The zero-order valence-corrected chi connectivity index (χ0v) is 9.74. The van der Waals surface area contributed by atoms with Crippen LogP contribution < -0.4 is 0 Å². The Morgan fingerprint density at radius 1 is 1.08 bits per heavy atom. The molecule has 1 aliphatic rings. The van der Waals surface area contributed by atoms with Gasteiger partial charge in [-0.05, 0) is 20.8 Å². The van der Waals surface area contributed by atoms with E-state index in [0.717, 1.165) is 10.5 Å². The van der Waals surface area contributed by atoms with Crippen molar-refractivity contribution in [3.05, 3.63) is 0 Å². The van der Waals surface area contributed by atoms with E-state index in [-0.39, 0.29) is 0 Å². The molecule has 0 aromatic rings. The minimum absolute atomic E-state index is 0.351. The Bertz CT molecular complexity index is 140. The maximum absolute atomic E-state index is 2.60. The average molecular weight is 187 g/mol. The van der Waals surface area contributed by atoms with Crippen LogP contribution in [0.15, 0.2) is 0 Å². The van der Waals surface area contributed by atoms with Crippen molar-refractivity contribution < 1.29 is 0 Å². The second kappa shape index (κ2) is 3.59. The van der Waals surface area contributed by atoms with Crippen LogP contribution in [0.25, 0.3) is 0 Å². The van der Waals surface area contributed by atoms with Crippen molar-refractivity contribution >= 4 is 11.8 Å². The van der Waals surface area contributed by atoms with Crippen LogP contribution in [0.3, 0.4) is 0 Å². The number of nitrogens with zero attached hydrogens (tertiary/aromatic N) is 1. The maximum atomic E-state index is 2.60. The third kappa shape index (κ3) is 2.67. The minimum atomic E-state index is 0.351. The van der Waals surface area contributed by atoms with Gasteiger partial charge in [0.05, 0.1) is 0 Å². The van der Waals surface area contributed by atoms with Crippen LogP contribution >= 0.6 is 11.8 Å². The monoisotopic (exact) mass is 187 g/mol. The fourth-order valence-electron chi connectivity index (χ4n) is 1.73. The summed E-state index contributed by atoms with van der Waals surface area (Å²) in [7, 11) is 0. The third-order valence-corrected chi connectivity index (χ3v) is 3.60. The lowest BCUT2D eigenvalue weighted by atomic mass is 10.1. The van der Waals surface area contributed by atoms with Crippen molar-refractivity contribution in [1.82, 2.24) is 4.90 Å². The minimum Gasteiger partial charge on any atom is -0.296 e. The van der Waals surface area contributed by atoms with Crippen LogP contribution in [0, 0.1) is 0 Å². The topological polar surface area (TPSA) is 3.24 Å². The second-order valence-electron chi connectivity index (χ2n) is 4.83. The highest BCUT2D eigenvalue weighted by atomic mass is 32.2. The van der Waals surface area contributed by atoms with Crippen LogP contribution in [0.2, 0.25) is 0 Å². The van der Waals surface area contributed by atoms with Crippen LogP contribution in [0.1, 0.15) is 34.6 Å². The van der Waals surface area contributed by atoms with Crippen molar-refractivity contribution in [2.75, 3.05) is 13.1 Å². The molecule has 0 bridgehead atoms. The maximum Gasteiger partial charge on any atom is 0.0150 e. The molecule has 0 aromatic heterocycles. The van der Waals surface area contributed by atoms with E-state index < -0.39 is 0 Å². The van der Waals surface area contributed by atoms with Gasteiger partial charge in [-0.15, -0.1) is 0 Å². The van der Waals surface area contributed by atoms with Crippen molar-refractivity contribution in [2.45, 2.75) is 50.7 Å². The van der Waals surface area contributed by atoms with Gasteiger partial charge in [-0.25, -0.2) is 0 Å². The van der Waals surface area contributed by atoms with Gasteiger partial charge in [0.2, 0.25) is 0 Å². The summed E-state index contributed by atoms with van der Waals surface area (Å²) in [6.07, 6.45) is 0. The summed E-state index contributed by atoms with van der Waals surface area (Å²) in [5.74, 6) is 0. The van der Waals surface area contributed by atoms with Gasteiger partial charge >= 0.3 is 0 Å². The molecule has 2 atom stereocenters. The zero-order chi connectivity index (χ0) is 9.35. The SMILES string of the molecule is CC1CN(C(C)(C)C)CC(C)S1. The molecule has 12 heavy (non-hydrogen) atoms. The number of thioether (sulfide) groups is 1. The predicted octanol–water partition coefficient (Wildman–Crippen LogP) is 2.61. The van der Waals surface area contributed by atoms with E-state index in [9.17, 15) is 0 Å². The van der Waals surface area contributed by atoms with E-state index in [1.54, 1.807) is 0 Å². The van der Waals surface area contributed by atoms with Gasteiger partial charge in [0.15, 0.2) is 0 Å². The summed E-state index contributed by atoms with van der Waals surface area (Å²) < 4.78 is 0. The largest absolute Gasteiger partial charge is 0.296 e. The van der Waals surface area contributed by atoms with E-state index in [1.165, 1.54) is 13.1 Å². The normalized spacial score (nSPS) is 33.8. The molecular formula is C10H21NS. The quantitative estimate of drug-likeness (QED) is 0.573. The molecular weight excluding hydrogens is 166 g/mol. The summed E-state index contributed by atoms with van der Waals surface area (Å²) in [5.41, 5.74) is 0.351. The molecule has 0 N–H and O–H groups in total. The second-order valence-corrected chi connectivity index (χ2v) is 6.71. The first-order valence-corrected chi connectivity index (χ1v) is 5.74. The number of hydrogen-bond donors (Lipinski definition) is 0. The van der Waals surface area contributed by atoms with Crippen molar-refractivity contribution in [1.29, 1.82) is 0 Å². The van der Waals surface area contributed by atoms with Crippen LogP contribution in [0.4, 0.5) is 0 Å². The molecule has 2 unspecified atom stereocenters. The molecule has 0 radical (unpaired) electrons. The summed E-state index contributed by atoms with van der Waals surface area (Å²) in [5, 5.41) is 1.60. The van der Waals surface area contributed by atoms with Gasteiger partial charge in [0, 0.05) is 29.1 Å². The average Bonchev–Trinajstić information content (AvgIpc) is 1.82. The van der Waals surface area contributed by atoms with Gasteiger partial charge in [0.25, 0.3) is 0 Å². The molecule has 2 heteroatoms. The molecule has 1 rings (SSSR count). The highest BCUT2D eigenvalue weighted by Crippen LogP contribution is 2.28. The van der Waals surface area contributed by atoms with Crippen molar-refractivity contribution in [2.24, 2.45) is 0 Å². The lowest BCUT2D eigenvalue weighted by Gasteiger charge is -2.43. The first-order valence-electron chi connectivity index (χ1n) is 4.80. The summed E-state index contributed by atoms with van der Waals surface area (Å²) in [4.78, 5) is 2.60. The van der Waals surface area contributed by atoms with Gasteiger partial charge in [-0.3, -0.25) is 4.90 Å². The molecule has 0 amide bonds. The first-order chi connectivity index (χ1) is 5.39. The Kier molecular flexibility index (Phi) is 3.11. The lowest BCUT2D eigenvalue weighted by molar-refractivity contribution is 0.135. The highest BCUT2D eigenvalue weighted by molar-refractivity contribution is 8.00. The Balaban J connectivity index is 2.55. The van der Waals surface area contributed by atoms with Crippen LogP contribution in [0.5, 0.6) is 0 Å². The number of rotatable bonds is 0. The van der Waals surface area contributed by atoms with E-state index in [2.05, 4.69) is 51.3 Å². The Morgan fingerprint density at radius 2 is 1.50 bits per heavy atom. The molecule has 0 saturated carbocycles. The lowest BCUT2D eigenvalue weighted by Crippen LogP contribution is -2.50. The van der Waals surface area contributed by atoms with Crippen LogP contribution in [-0.4, -0.2) is 34.0 Å². The van der Waals surface area contributed by atoms with Crippen molar-refractivity contribution in [3.8, 4) is 0 Å². The smallest absolute Gasteiger partial charge is 0.0150 e. The van der Waals surface area contributed by atoms with Gasteiger partial charge < -0.3 is 0 Å². The molecule has 1 nitrogen and oxygen atoms in total. The molecule has 1 fully saturated rings. The van der Waals surface area contributed by atoms with Gasteiger partial charge in [-0.1, -0.05) is 13.8 Å². The Labute approximate surface area is 80.9 Å². The number of hydrogen-bond acceptors (Lipinski definition) is 2. The molecule has 72 valence electrons. The standard InChI is InChI=1S/C10H21NS/c1-8-6-11(10(3,4)5)7-9(2)12-8/h8-9H,6-7H2,1-5H3. The van der Waals surface area contributed by atoms with E-state index in [4.69, 9.17) is 0 Å². The van der Waals surface area contributed by atoms with E-state index in [1.807, 2.05) is 0 Å². The van der Waals surface area contributed by atoms with E-state index in [0.29, 0.717) is 5.54 Å². The molecule has 1 heterocycles. The fourth-order valence-corrected chi connectivity index (χ4v) is 3.05. The van der Waals surface area contributed by atoms with Gasteiger partial charge in [0.1, 0.15) is 0 Å². The molecule has 0 aromatic carbocycles. The fraction of sp³-hybridized carbons (Fsp3) is 1.00. The molecule has 1 saturated heterocycles. The summed E-state index contributed by atoms with van der Waals surface area (Å²) in [6.45, 7) is 14.1. The third-order valence-electron chi connectivity index (χ3n) is 2.37. The van der Waals surface area contributed by atoms with Crippen LogP contribution in [-0.2, 0) is 0 Å². The predicted molar refractivity (Wildman–Crippen MR) is 57.8 cm³/mol. The Hall–Kier alpha value is 0.310. The molecule has 0 spiro atoms. The summed E-state index contributed by atoms with van der Waals surface area (Å²) >= 11 is 2.12. The van der Waals surface area contributed by atoms with Crippen molar-refractivity contribution in [3.63, 3.8) is 0 Å². The summed E-state index contributed by atoms with van der Waals surface area (Å²) in [6, 6.07) is 0. The van der Waals surface area contributed by atoms with Gasteiger partial charge in [-0.2, -0.15) is 11.8 Å². The van der Waals surface area contributed by atoms with E-state index >= 15 is 0 Å². The highest BCUT2D eigenvalue weighted by Gasteiger charge is 2.29. The first kappa shape index (κ1) is 10.4. The Morgan fingerprint density at radius 3 is 1.83 bits per heavy atom. The zero-order valence-electron chi connectivity index (χ0n) is 8.92.